The average molecular weight is 280 g/mol. The van der Waals surface area contributed by atoms with Crippen LogP contribution < -0.4 is 0 Å². The highest BCUT2D eigenvalue weighted by Gasteiger charge is 2.66. The van der Waals surface area contributed by atoms with E-state index in [2.05, 4.69) is 11.3 Å². The van der Waals surface area contributed by atoms with Crippen LogP contribution in [0.25, 0.3) is 0 Å². The minimum Gasteiger partial charge on any atom is -0.458 e. The van der Waals surface area contributed by atoms with Crippen molar-refractivity contribution in [3.05, 3.63) is 12.7 Å². The second-order valence-electron chi connectivity index (χ2n) is 5.62. The molecule has 2 saturated carbocycles. The molecule has 6 unspecified atom stereocenters. The zero-order chi connectivity index (χ0) is 14.4. The summed E-state index contributed by atoms with van der Waals surface area (Å²) in [4.78, 5) is 34.3. The van der Waals surface area contributed by atoms with Crippen LogP contribution in [0.4, 0.5) is 0 Å². The van der Waals surface area contributed by atoms with Gasteiger partial charge in [0, 0.05) is 17.9 Å². The van der Waals surface area contributed by atoms with Gasteiger partial charge in [0.2, 0.25) is 0 Å². The van der Waals surface area contributed by atoms with Crippen molar-refractivity contribution in [2.45, 2.75) is 25.6 Å². The topological polar surface area (TPSA) is 78.9 Å². The van der Waals surface area contributed by atoms with Crippen LogP contribution in [0, 0.1) is 23.7 Å². The number of hydrogen-bond acceptors (Lipinski definition) is 6. The Bertz CT molecular complexity index is 484. The first-order chi connectivity index (χ1) is 9.52. The van der Waals surface area contributed by atoms with E-state index in [-0.39, 0.29) is 35.7 Å². The number of carbonyl (C=O) groups is 3. The Balaban J connectivity index is 1.62. The van der Waals surface area contributed by atoms with Gasteiger partial charge in [-0.25, -0.2) is 9.59 Å². The largest absolute Gasteiger partial charge is 0.458 e. The van der Waals surface area contributed by atoms with E-state index < -0.39 is 24.6 Å². The molecule has 20 heavy (non-hydrogen) atoms. The van der Waals surface area contributed by atoms with E-state index in [0.29, 0.717) is 0 Å². The third-order valence-corrected chi connectivity index (χ3v) is 4.71. The van der Waals surface area contributed by atoms with E-state index in [1.165, 1.54) is 0 Å². The second kappa shape index (κ2) is 4.61. The standard InChI is InChI=1S/C14H16O6/c1-3-9(15)18-5-10(16)19-12-7-4-8-11(6(7)2)14(17)20-13(8)12/h3,6-8,11-13H,1,4-5H2,2H3. The molecule has 0 spiro atoms. The summed E-state index contributed by atoms with van der Waals surface area (Å²) in [5.74, 6) is -1.03. The summed E-state index contributed by atoms with van der Waals surface area (Å²) >= 11 is 0. The Morgan fingerprint density at radius 3 is 2.90 bits per heavy atom. The lowest BCUT2D eigenvalue weighted by molar-refractivity contribution is -0.169. The van der Waals surface area contributed by atoms with E-state index in [9.17, 15) is 14.4 Å². The highest BCUT2D eigenvalue weighted by Crippen LogP contribution is 2.58. The minimum atomic E-state index is -0.671. The molecule has 6 nitrogen and oxygen atoms in total. The first-order valence-corrected chi connectivity index (χ1v) is 6.72. The summed E-state index contributed by atoms with van der Waals surface area (Å²) in [6.45, 7) is 4.79. The maximum absolute atomic E-state index is 11.7. The van der Waals surface area contributed by atoms with E-state index in [4.69, 9.17) is 9.47 Å². The third kappa shape index (κ3) is 1.82. The van der Waals surface area contributed by atoms with Gasteiger partial charge in [-0.05, 0) is 12.3 Å². The number of fused-ring (bicyclic) bond motifs is 1. The van der Waals surface area contributed by atoms with Crippen LogP contribution >= 0.6 is 0 Å². The molecule has 0 radical (unpaired) electrons. The molecular formula is C14H16O6. The third-order valence-electron chi connectivity index (χ3n) is 4.71. The summed E-state index contributed by atoms with van der Waals surface area (Å²) in [5, 5.41) is 0. The van der Waals surface area contributed by atoms with Gasteiger partial charge >= 0.3 is 17.9 Å². The van der Waals surface area contributed by atoms with Gasteiger partial charge in [-0.2, -0.15) is 0 Å². The zero-order valence-electron chi connectivity index (χ0n) is 11.1. The molecule has 0 aromatic rings. The molecule has 0 aromatic heterocycles. The Kier molecular flexibility index (Phi) is 3.03. The molecule has 3 rings (SSSR count). The molecule has 0 aromatic carbocycles. The predicted octanol–water partition coefficient (Wildman–Crippen LogP) is 0.455. The lowest BCUT2D eigenvalue weighted by Crippen LogP contribution is -2.40. The van der Waals surface area contributed by atoms with Crippen molar-refractivity contribution >= 4 is 17.9 Å². The molecule has 3 fully saturated rings. The monoisotopic (exact) mass is 280 g/mol. The Morgan fingerprint density at radius 2 is 2.20 bits per heavy atom. The summed E-state index contributed by atoms with van der Waals surface area (Å²) < 4.78 is 15.3. The molecular weight excluding hydrogens is 264 g/mol. The van der Waals surface area contributed by atoms with Crippen molar-refractivity contribution in [1.29, 1.82) is 0 Å². The number of carbonyl (C=O) groups excluding carboxylic acids is 3. The summed E-state index contributed by atoms with van der Waals surface area (Å²) in [5.41, 5.74) is 0. The minimum absolute atomic E-state index is 0.0430. The molecule has 1 heterocycles. The Hall–Kier alpha value is -1.85. The highest BCUT2D eigenvalue weighted by molar-refractivity contribution is 5.83. The molecule has 2 aliphatic carbocycles. The second-order valence-corrected chi connectivity index (χ2v) is 5.62. The van der Waals surface area contributed by atoms with Crippen LogP contribution in [-0.2, 0) is 28.6 Å². The number of esters is 3. The van der Waals surface area contributed by atoms with Crippen LogP contribution in [0.2, 0.25) is 0 Å². The summed E-state index contributed by atoms with van der Waals surface area (Å²) in [7, 11) is 0. The van der Waals surface area contributed by atoms with Crippen molar-refractivity contribution in [2.24, 2.45) is 23.7 Å². The quantitative estimate of drug-likeness (QED) is 0.423. The molecule has 108 valence electrons. The van der Waals surface area contributed by atoms with Crippen molar-refractivity contribution in [1.82, 2.24) is 0 Å². The first kappa shape index (κ1) is 13.1. The Morgan fingerprint density at radius 1 is 1.45 bits per heavy atom. The maximum Gasteiger partial charge on any atom is 0.344 e. The summed E-state index contributed by atoms with van der Waals surface area (Å²) in [6.07, 6.45) is 1.10. The van der Waals surface area contributed by atoms with E-state index >= 15 is 0 Å². The fourth-order valence-electron chi connectivity index (χ4n) is 3.88. The van der Waals surface area contributed by atoms with Crippen molar-refractivity contribution in [2.75, 3.05) is 6.61 Å². The maximum atomic E-state index is 11.7. The van der Waals surface area contributed by atoms with Crippen LogP contribution in [0.3, 0.4) is 0 Å². The van der Waals surface area contributed by atoms with E-state index in [1.54, 1.807) is 0 Å². The van der Waals surface area contributed by atoms with Crippen LogP contribution in [0.1, 0.15) is 13.3 Å². The first-order valence-electron chi connectivity index (χ1n) is 6.72. The smallest absolute Gasteiger partial charge is 0.344 e. The Labute approximate surface area is 116 Å². The van der Waals surface area contributed by atoms with Gasteiger partial charge in [0.1, 0.15) is 12.2 Å². The number of hydrogen-bond donors (Lipinski definition) is 0. The zero-order valence-corrected chi connectivity index (χ0v) is 11.1. The lowest BCUT2D eigenvalue weighted by Gasteiger charge is -2.29. The van der Waals surface area contributed by atoms with Crippen LogP contribution in [-0.4, -0.2) is 36.7 Å². The molecule has 0 N–H and O–H groups in total. The molecule has 0 amide bonds. The highest BCUT2D eigenvalue weighted by atomic mass is 16.6. The molecule has 1 saturated heterocycles. The number of ether oxygens (including phenoxy) is 3. The fraction of sp³-hybridized carbons (Fsp3) is 0.643. The van der Waals surface area contributed by atoms with Gasteiger partial charge in [-0.1, -0.05) is 13.5 Å². The SMILES string of the molecule is C=CC(=O)OCC(=O)OC1C2CC3C1OC(=O)C3C2C. The van der Waals surface area contributed by atoms with Crippen LogP contribution in [0.5, 0.6) is 0 Å². The van der Waals surface area contributed by atoms with Gasteiger partial charge in [0.25, 0.3) is 0 Å². The van der Waals surface area contributed by atoms with Gasteiger partial charge in [0.15, 0.2) is 6.61 Å². The van der Waals surface area contributed by atoms with Crippen molar-refractivity contribution < 1.29 is 28.6 Å². The van der Waals surface area contributed by atoms with Gasteiger partial charge < -0.3 is 14.2 Å². The van der Waals surface area contributed by atoms with E-state index in [0.717, 1.165) is 12.5 Å². The van der Waals surface area contributed by atoms with Crippen molar-refractivity contribution in [3.63, 3.8) is 0 Å². The normalized spacial score (nSPS) is 40.4. The van der Waals surface area contributed by atoms with Crippen molar-refractivity contribution in [3.8, 4) is 0 Å². The molecule has 6 heteroatoms. The molecule has 3 aliphatic rings. The van der Waals surface area contributed by atoms with Gasteiger partial charge in [-0.3, -0.25) is 4.79 Å². The number of rotatable bonds is 4. The van der Waals surface area contributed by atoms with E-state index in [1.807, 2.05) is 6.92 Å². The molecule has 1 aliphatic heterocycles. The van der Waals surface area contributed by atoms with Gasteiger partial charge in [0.05, 0.1) is 5.92 Å². The van der Waals surface area contributed by atoms with Crippen LogP contribution in [0.15, 0.2) is 12.7 Å². The molecule has 6 atom stereocenters. The average Bonchev–Trinajstić information content (AvgIpc) is 3.00. The lowest BCUT2D eigenvalue weighted by atomic mass is 9.80. The van der Waals surface area contributed by atoms with Gasteiger partial charge in [-0.15, -0.1) is 0 Å². The molecule has 2 bridgehead atoms. The summed E-state index contributed by atoms with van der Waals surface area (Å²) in [6, 6.07) is 0. The fourth-order valence-corrected chi connectivity index (χ4v) is 3.88. The predicted molar refractivity (Wildman–Crippen MR) is 65.2 cm³/mol.